The Kier molecular flexibility index (Phi) is 3.73. The molecule has 2 rings (SSSR count). The maximum atomic E-state index is 13.2. The third-order valence-corrected chi connectivity index (χ3v) is 4.05. The van der Waals surface area contributed by atoms with Crippen LogP contribution in [0.25, 0.3) is 0 Å². The topological polar surface area (TPSA) is 20.2 Å². The van der Waals surface area contributed by atoms with E-state index >= 15 is 0 Å². The summed E-state index contributed by atoms with van der Waals surface area (Å²) in [6.45, 7) is 1.63. The fourth-order valence-electron chi connectivity index (χ4n) is 1.52. The summed E-state index contributed by atoms with van der Waals surface area (Å²) in [5, 5.41) is 10.4. The molecule has 0 spiro atoms. The lowest BCUT2D eigenvalue weighted by molar-refractivity contribution is 0.224. The molecule has 1 heterocycles. The summed E-state index contributed by atoms with van der Waals surface area (Å²) in [4.78, 5) is 0.683. The van der Waals surface area contributed by atoms with E-state index in [1.165, 1.54) is 17.4 Å². The molecule has 0 amide bonds. The zero-order valence-corrected chi connectivity index (χ0v) is 11.2. The van der Waals surface area contributed by atoms with E-state index in [0.717, 1.165) is 0 Å². The second-order valence-electron chi connectivity index (χ2n) is 3.67. The van der Waals surface area contributed by atoms with Crippen molar-refractivity contribution in [1.29, 1.82) is 0 Å². The van der Waals surface area contributed by atoms with E-state index in [0.29, 0.717) is 20.3 Å². The minimum absolute atomic E-state index is 0.213. The van der Waals surface area contributed by atoms with Crippen LogP contribution in [0.15, 0.2) is 24.3 Å². The van der Waals surface area contributed by atoms with Crippen LogP contribution in [-0.4, -0.2) is 5.11 Å². The van der Waals surface area contributed by atoms with Gasteiger partial charge in [-0.2, -0.15) is 0 Å². The van der Waals surface area contributed by atoms with Gasteiger partial charge < -0.3 is 5.11 Å². The first-order valence-electron chi connectivity index (χ1n) is 4.88. The minimum Gasteiger partial charge on any atom is -0.383 e. The minimum atomic E-state index is -0.876. The number of aryl methyl sites for hydroxylation is 1. The van der Waals surface area contributed by atoms with Crippen LogP contribution in [0, 0.1) is 12.7 Å². The smallest absolute Gasteiger partial charge is 0.127 e. The Hall–Kier alpha value is -0.610. The molecule has 5 heteroatoms. The van der Waals surface area contributed by atoms with Crippen LogP contribution in [0.4, 0.5) is 4.39 Å². The second-order valence-corrected chi connectivity index (χ2v) is 5.82. The number of benzene rings is 1. The van der Waals surface area contributed by atoms with Crippen molar-refractivity contribution in [3.8, 4) is 0 Å². The summed E-state index contributed by atoms with van der Waals surface area (Å²) in [6.07, 6.45) is -0.876. The Morgan fingerprint density at radius 1 is 1.29 bits per heavy atom. The van der Waals surface area contributed by atoms with Gasteiger partial charge in [0.15, 0.2) is 0 Å². The molecule has 0 fully saturated rings. The predicted molar refractivity (Wildman–Crippen MR) is 69.5 cm³/mol. The van der Waals surface area contributed by atoms with Crippen molar-refractivity contribution in [1.82, 2.24) is 0 Å². The highest BCUT2D eigenvalue weighted by atomic mass is 35.5. The van der Waals surface area contributed by atoms with E-state index in [2.05, 4.69) is 0 Å². The first kappa shape index (κ1) is 12.8. The van der Waals surface area contributed by atoms with Crippen molar-refractivity contribution in [2.45, 2.75) is 13.0 Å². The maximum Gasteiger partial charge on any atom is 0.127 e. The zero-order valence-electron chi connectivity index (χ0n) is 8.88. The van der Waals surface area contributed by atoms with Gasteiger partial charge >= 0.3 is 0 Å². The number of thiophene rings is 1. The van der Waals surface area contributed by atoms with Gasteiger partial charge in [0.05, 0.1) is 4.34 Å². The summed E-state index contributed by atoms with van der Waals surface area (Å²) in [7, 11) is 0. The van der Waals surface area contributed by atoms with Gasteiger partial charge in [-0.05, 0) is 36.8 Å². The molecule has 1 N–H and O–H groups in total. The Morgan fingerprint density at radius 2 is 2.00 bits per heavy atom. The summed E-state index contributed by atoms with van der Waals surface area (Å²) in [5.74, 6) is -0.379. The summed E-state index contributed by atoms with van der Waals surface area (Å²) in [5.41, 5.74) is 0.940. The molecule has 1 aromatic heterocycles. The zero-order chi connectivity index (χ0) is 12.6. The molecular weight excluding hydrogens is 282 g/mol. The summed E-state index contributed by atoms with van der Waals surface area (Å²) in [6, 6.07) is 6.20. The Bertz CT molecular complexity index is 553. The van der Waals surface area contributed by atoms with Crippen molar-refractivity contribution in [3.05, 3.63) is 55.4 Å². The van der Waals surface area contributed by atoms with Crippen molar-refractivity contribution in [3.63, 3.8) is 0 Å². The number of aliphatic hydroxyl groups is 1. The highest BCUT2D eigenvalue weighted by Crippen LogP contribution is 2.34. The van der Waals surface area contributed by atoms with E-state index < -0.39 is 6.10 Å². The Labute approximate surface area is 112 Å². The SMILES string of the molecule is Cc1cc(C(O)c2ccc(Cl)s2)c(Cl)cc1F. The van der Waals surface area contributed by atoms with Crippen molar-refractivity contribution < 1.29 is 9.50 Å². The van der Waals surface area contributed by atoms with Crippen molar-refractivity contribution in [2.75, 3.05) is 0 Å². The molecule has 0 aliphatic rings. The largest absolute Gasteiger partial charge is 0.383 e. The number of rotatable bonds is 2. The maximum absolute atomic E-state index is 13.2. The molecule has 1 unspecified atom stereocenters. The van der Waals surface area contributed by atoms with Crippen LogP contribution in [0.5, 0.6) is 0 Å². The van der Waals surface area contributed by atoms with Crippen LogP contribution in [0.3, 0.4) is 0 Å². The monoisotopic (exact) mass is 290 g/mol. The van der Waals surface area contributed by atoms with Crippen molar-refractivity contribution in [2.24, 2.45) is 0 Å². The van der Waals surface area contributed by atoms with E-state index in [1.807, 2.05) is 0 Å². The normalized spacial score (nSPS) is 12.8. The molecule has 0 saturated carbocycles. The Balaban J connectivity index is 2.43. The average molecular weight is 291 g/mol. The van der Waals surface area contributed by atoms with Crippen molar-refractivity contribution >= 4 is 34.5 Å². The van der Waals surface area contributed by atoms with Gasteiger partial charge in [0.1, 0.15) is 11.9 Å². The number of halogens is 3. The van der Waals surface area contributed by atoms with Gasteiger partial charge in [-0.1, -0.05) is 23.2 Å². The molecule has 0 bridgehead atoms. The van der Waals surface area contributed by atoms with Gasteiger partial charge in [0.25, 0.3) is 0 Å². The first-order chi connectivity index (χ1) is 7.99. The summed E-state index contributed by atoms with van der Waals surface area (Å²) >= 11 is 13.0. The Morgan fingerprint density at radius 3 is 2.59 bits per heavy atom. The fraction of sp³-hybridized carbons (Fsp3) is 0.167. The molecule has 90 valence electrons. The molecule has 0 aliphatic carbocycles. The highest BCUT2D eigenvalue weighted by Gasteiger charge is 2.17. The van der Waals surface area contributed by atoms with Gasteiger partial charge in [0, 0.05) is 15.5 Å². The van der Waals surface area contributed by atoms with Crippen LogP contribution in [0.2, 0.25) is 9.36 Å². The quantitative estimate of drug-likeness (QED) is 0.858. The lowest BCUT2D eigenvalue weighted by Crippen LogP contribution is -2.00. The van der Waals surface area contributed by atoms with Crippen LogP contribution < -0.4 is 0 Å². The molecule has 0 aliphatic heterocycles. The number of hydrogen-bond donors (Lipinski definition) is 1. The lowest BCUT2D eigenvalue weighted by Gasteiger charge is -2.12. The second kappa shape index (κ2) is 4.94. The molecular formula is C12H9Cl2FOS. The van der Waals surface area contributed by atoms with E-state index in [1.54, 1.807) is 25.1 Å². The van der Waals surface area contributed by atoms with Crippen LogP contribution in [-0.2, 0) is 0 Å². The van der Waals surface area contributed by atoms with E-state index in [9.17, 15) is 9.50 Å². The standard InChI is InChI=1S/C12H9Cl2FOS/c1-6-4-7(8(13)5-9(6)15)12(16)10-2-3-11(14)17-10/h2-5,12,16H,1H3. The number of hydrogen-bond acceptors (Lipinski definition) is 2. The summed E-state index contributed by atoms with van der Waals surface area (Å²) < 4.78 is 13.8. The van der Waals surface area contributed by atoms with Crippen LogP contribution >= 0.6 is 34.5 Å². The van der Waals surface area contributed by atoms with Gasteiger partial charge in [-0.25, -0.2) is 4.39 Å². The molecule has 1 aromatic carbocycles. The molecule has 1 nitrogen and oxygen atoms in total. The van der Waals surface area contributed by atoms with Crippen LogP contribution in [0.1, 0.15) is 22.1 Å². The predicted octanol–water partition coefficient (Wildman–Crippen LogP) is 4.58. The number of aliphatic hydroxyl groups excluding tert-OH is 1. The first-order valence-corrected chi connectivity index (χ1v) is 6.45. The molecule has 2 aromatic rings. The van der Waals surface area contributed by atoms with E-state index in [4.69, 9.17) is 23.2 Å². The third kappa shape index (κ3) is 2.63. The lowest BCUT2D eigenvalue weighted by atomic mass is 10.0. The van der Waals surface area contributed by atoms with Gasteiger partial charge in [0.2, 0.25) is 0 Å². The molecule has 0 radical (unpaired) electrons. The fourth-order valence-corrected chi connectivity index (χ4v) is 2.84. The molecule has 1 atom stereocenters. The average Bonchev–Trinajstić information content (AvgIpc) is 2.69. The highest BCUT2D eigenvalue weighted by molar-refractivity contribution is 7.16. The van der Waals surface area contributed by atoms with Gasteiger partial charge in [-0.15, -0.1) is 11.3 Å². The van der Waals surface area contributed by atoms with Gasteiger partial charge in [-0.3, -0.25) is 0 Å². The molecule has 17 heavy (non-hydrogen) atoms. The third-order valence-electron chi connectivity index (χ3n) is 2.44. The van der Waals surface area contributed by atoms with E-state index in [-0.39, 0.29) is 10.8 Å². The molecule has 0 saturated heterocycles.